The first-order valence-corrected chi connectivity index (χ1v) is 7.68. The normalized spacial score (nSPS) is 11.4. The first kappa shape index (κ1) is 15.4. The highest BCUT2D eigenvalue weighted by Crippen LogP contribution is 2.37. The zero-order chi connectivity index (χ0) is 14.9. The van der Waals surface area contributed by atoms with E-state index in [0.29, 0.717) is 0 Å². The molecular weight excluding hydrogens is 350 g/mol. The SMILES string of the molecule is O=S(=O)(Oc1c(Cl)cc(Cl)cc1Cl)c1ccc(F)cc1. The number of benzene rings is 2. The van der Waals surface area contributed by atoms with Crippen molar-refractivity contribution in [2.24, 2.45) is 0 Å². The van der Waals surface area contributed by atoms with Gasteiger partial charge in [-0.15, -0.1) is 0 Å². The Kier molecular flexibility index (Phi) is 4.44. The van der Waals surface area contributed by atoms with Crippen LogP contribution in [0.15, 0.2) is 41.3 Å². The van der Waals surface area contributed by atoms with Gasteiger partial charge in [0.15, 0.2) is 5.75 Å². The number of rotatable bonds is 3. The summed E-state index contributed by atoms with van der Waals surface area (Å²) in [5.41, 5.74) is 0. The molecule has 0 saturated carbocycles. The van der Waals surface area contributed by atoms with Crippen molar-refractivity contribution in [1.29, 1.82) is 0 Å². The summed E-state index contributed by atoms with van der Waals surface area (Å²) in [4.78, 5) is -0.221. The summed E-state index contributed by atoms with van der Waals surface area (Å²) in [6.45, 7) is 0. The van der Waals surface area contributed by atoms with Crippen molar-refractivity contribution in [3.63, 3.8) is 0 Å². The third-order valence-corrected chi connectivity index (χ3v) is 4.27. The van der Waals surface area contributed by atoms with Crippen molar-refractivity contribution in [3.05, 3.63) is 57.3 Å². The highest BCUT2D eigenvalue weighted by Gasteiger charge is 2.21. The zero-order valence-electron chi connectivity index (χ0n) is 9.61. The number of hydrogen-bond acceptors (Lipinski definition) is 3. The van der Waals surface area contributed by atoms with E-state index in [0.717, 1.165) is 24.3 Å². The predicted molar refractivity (Wildman–Crippen MR) is 75.7 cm³/mol. The minimum atomic E-state index is -4.17. The largest absolute Gasteiger partial charge is 0.376 e. The summed E-state index contributed by atoms with van der Waals surface area (Å²) in [7, 11) is -4.17. The van der Waals surface area contributed by atoms with Gasteiger partial charge in [0.2, 0.25) is 0 Å². The van der Waals surface area contributed by atoms with Crippen LogP contribution in [0.3, 0.4) is 0 Å². The second kappa shape index (κ2) is 5.77. The molecule has 0 fully saturated rings. The maximum absolute atomic E-state index is 12.8. The van der Waals surface area contributed by atoms with Crippen LogP contribution < -0.4 is 4.18 Å². The van der Waals surface area contributed by atoms with Crippen molar-refractivity contribution >= 4 is 44.9 Å². The molecule has 0 N–H and O–H groups in total. The summed E-state index contributed by atoms with van der Waals surface area (Å²) in [6, 6.07) is 6.74. The van der Waals surface area contributed by atoms with E-state index in [9.17, 15) is 12.8 Å². The van der Waals surface area contributed by atoms with Gasteiger partial charge >= 0.3 is 10.1 Å². The van der Waals surface area contributed by atoms with Crippen LogP contribution in [0.1, 0.15) is 0 Å². The summed E-state index contributed by atoms with van der Waals surface area (Å²) in [5, 5.41) is 0.146. The molecule has 0 atom stereocenters. The van der Waals surface area contributed by atoms with Gasteiger partial charge < -0.3 is 4.18 Å². The monoisotopic (exact) mass is 354 g/mol. The Morgan fingerprint density at radius 2 is 1.45 bits per heavy atom. The fraction of sp³-hybridized carbons (Fsp3) is 0. The van der Waals surface area contributed by atoms with Gasteiger partial charge in [-0.05, 0) is 36.4 Å². The van der Waals surface area contributed by atoms with Crippen LogP contribution in [0.4, 0.5) is 4.39 Å². The van der Waals surface area contributed by atoms with Gasteiger partial charge in [0.05, 0.1) is 10.0 Å². The maximum atomic E-state index is 12.8. The average Bonchev–Trinajstić information content (AvgIpc) is 2.34. The molecule has 0 amide bonds. The Balaban J connectivity index is 2.41. The lowest BCUT2D eigenvalue weighted by Crippen LogP contribution is -2.10. The zero-order valence-corrected chi connectivity index (χ0v) is 12.7. The van der Waals surface area contributed by atoms with E-state index in [1.165, 1.54) is 12.1 Å². The maximum Gasteiger partial charge on any atom is 0.339 e. The molecule has 0 unspecified atom stereocenters. The Hall–Kier alpha value is -1.01. The lowest BCUT2D eigenvalue weighted by molar-refractivity contribution is 0.486. The first-order valence-electron chi connectivity index (χ1n) is 5.14. The van der Waals surface area contributed by atoms with Crippen LogP contribution >= 0.6 is 34.8 Å². The van der Waals surface area contributed by atoms with Crippen molar-refractivity contribution < 1.29 is 17.0 Å². The first-order chi connectivity index (χ1) is 9.29. The van der Waals surface area contributed by atoms with Crippen LogP contribution in [0.5, 0.6) is 5.75 Å². The Bertz CT molecular complexity index is 722. The average molecular weight is 356 g/mol. The molecule has 2 aromatic rings. The molecule has 0 aliphatic carbocycles. The summed E-state index contributed by atoms with van der Waals surface area (Å²) >= 11 is 17.4. The molecule has 0 saturated heterocycles. The minimum Gasteiger partial charge on any atom is -0.376 e. The minimum absolute atomic E-state index is 0.0480. The summed E-state index contributed by atoms with van der Waals surface area (Å²) in [5.74, 6) is -0.798. The summed E-state index contributed by atoms with van der Waals surface area (Å²) < 4.78 is 41.7. The van der Waals surface area contributed by atoms with Crippen molar-refractivity contribution in [3.8, 4) is 5.75 Å². The van der Waals surface area contributed by atoms with Crippen LogP contribution in [-0.2, 0) is 10.1 Å². The molecule has 0 bridgehead atoms. The molecule has 0 heterocycles. The molecule has 8 heteroatoms. The molecule has 20 heavy (non-hydrogen) atoms. The standard InChI is InChI=1S/C12H6Cl3FO3S/c13-7-5-10(14)12(11(15)6-7)19-20(17,18)9-3-1-8(16)2-4-9/h1-6H. The van der Waals surface area contributed by atoms with Gasteiger partial charge in [-0.2, -0.15) is 8.42 Å². The lowest BCUT2D eigenvalue weighted by atomic mass is 10.3. The van der Waals surface area contributed by atoms with E-state index in [4.69, 9.17) is 39.0 Å². The Labute approximate surface area is 130 Å². The van der Waals surface area contributed by atoms with Gasteiger partial charge in [-0.25, -0.2) is 4.39 Å². The molecule has 0 aromatic heterocycles. The molecular formula is C12H6Cl3FO3S. The number of hydrogen-bond donors (Lipinski definition) is 0. The Morgan fingerprint density at radius 1 is 0.950 bits per heavy atom. The number of halogens is 4. The third-order valence-electron chi connectivity index (χ3n) is 2.26. The Morgan fingerprint density at radius 3 is 1.95 bits per heavy atom. The molecule has 0 radical (unpaired) electrons. The van der Waals surface area contributed by atoms with E-state index >= 15 is 0 Å². The molecule has 2 rings (SSSR count). The highest BCUT2D eigenvalue weighted by molar-refractivity contribution is 7.87. The lowest BCUT2D eigenvalue weighted by Gasteiger charge is -2.10. The highest BCUT2D eigenvalue weighted by atomic mass is 35.5. The fourth-order valence-corrected chi connectivity index (χ4v) is 3.32. The second-order valence-electron chi connectivity index (χ2n) is 3.69. The molecule has 106 valence electrons. The fourth-order valence-electron chi connectivity index (χ4n) is 1.37. The van der Waals surface area contributed by atoms with Gasteiger partial charge in [0.25, 0.3) is 0 Å². The van der Waals surface area contributed by atoms with Crippen LogP contribution in [0, 0.1) is 5.82 Å². The quantitative estimate of drug-likeness (QED) is 0.758. The smallest absolute Gasteiger partial charge is 0.339 e. The van der Waals surface area contributed by atoms with Crippen molar-refractivity contribution in [2.45, 2.75) is 4.90 Å². The second-order valence-corrected chi connectivity index (χ2v) is 6.49. The molecule has 0 aliphatic rings. The topological polar surface area (TPSA) is 43.4 Å². The van der Waals surface area contributed by atoms with E-state index in [2.05, 4.69) is 0 Å². The molecule has 0 spiro atoms. The van der Waals surface area contributed by atoms with Crippen LogP contribution in [0.25, 0.3) is 0 Å². The van der Waals surface area contributed by atoms with Gasteiger partial charge in [-0.3, -0.25) is 0 Å². The third kappa shape index (κ3) is 3.35. The van der Waals surface area contributed by atoms with E-state index < -0.39 is 15.9 Å². The van der Waals surface area contributed by atoms with E-state index in [1.54, 1.807) is 0 Å². The predicted octanol–water partition coefficient (Wildman–Crippen LogP) is 4.55. The molecule has 0 aliphatic heterocycles. The van der Waals surface area contributed by atoms with Crippen LogP contribution in [0.2, 0.25) is 15.1 Å². The van der Waals surface area contributed by atoms with E-state index in [-0.39, 0.29) is 25.7 Å². The van der Waals surface area contributed by atoms with Crippen molar-refractivity contribution in [2.75, 3.05) is 0 Å². The molecule has 2 aromatic carbocycles. The van der Waals surface area contributed by atoms with Crippen LogP contribution in [-0.4, -0.2) is 8.42 Å². The molecule has 3 nitrogen and oxygen atoms in total. The van der Waals surface area contributed by atoms with Gasteiger partial charge in [0.1, 0.15) is 10.7 Å². The summed E-state index contributed by atoms with van der Waals surface area (Å²) in [6.07, 6.45) is 0. The van der Waals surface area contributed by atoms with E-state index in [1.807, 2.05) is 0 Å². The van der Waals surface area contributed by atoms with Crippen molar-refractivity contribution in [1.82, 2.24) is 0 Å². The van der Waals surface area contributed by atoms with Gasteiger partial charge in [0, 0.05) is 5.02 Å². The van der Waals surface area contributed by atoms with Gasteiger partial charge in [-0.1, -0.05) is 34.8 Å².